The molecule has 0 spiro atoms. The van der Waals surface area contributed by atoms with Gasteiger partial charge in [-0.15, -0.1) is 11.3 Å². The van der Waals surface area contributed by atoms with Crippen molar-refractivity contribution in [1.29, 1.82) is 0 Å². The van der Waals surface area contributed by atoms with Crippen LogP contribution in [0.15, 0.2) is 24.3 Å². The van der Waals surface area contributed by atoms with Gasteiger partial charge in [-0.25, -0.2) is 8.78 Å². The highest BCUT2D eigenvalue weighted by Crippen LogP contribution is 2.22. The molecule has 0 amide bonds. The Labute approximate surface area is 118 Å². The van der Waals surface area contributed by atoms with Crippen LogP contribution in [-0.4, -0.2) is 11.7 Å². The van der Waals surface area contributed by atoms with Crippen molar-refractivity contribution in [2.24, 2.45) is 0 Å². The van der Waals surface area contributed by atoms with Crippen molar-refractivity contribution in [3.63, 3.8) is 0 Å². The van der Waals surface area contributed by atoms with Crippen LogP contribution in [0, 0.1) is 11.6 Å². The van der Waals surface area contributed by atoms with Crippen molar-refractivity contribution < 1.29 is 13.9 Å². The Kier molecular flexibility index (Phi) is 4.74. The highest BCUT2D eigenvalue weighted by atomic mass is 35.5. The summed E-state index contributed by atoms with van der Waals surface area (Å²) in [5.74, 6) is -2.82. The van der Waals surface area contributed by atoms with Crippen molar-refractivity contribution in [2.75, 3.05) is 6.54 Å². The summed E-state index contributed by atoms with van der Waals surface area (Å²) in [6.45, 7) is 1.02. The molecule has 2 N–H and O–H groups in total. The van der Waals surface area contributed by atoms with E-state index in [1.54, 1.807) is 0 Å². The molecule has 1 heterocycles. The predicted molar refractivity (Wildman–Crippen MR) is 72.8 cm³/mol. The first kappa shape index (κ1) is 14.2. The average Bonchev–Trinajstić information content (AvgIpc) is 2.77. The number of hydrogen-bond donors (Lipinski definition) is 2. The number of phenols is 1. The monoisotopic (exact) mass is 303 g/mol. The maximum atomic E-state index is 13.1. The lowest BCUT2D eigenvalue weighted by molar-refractivity contribution is 0.395. The summed E-state index contributed by atoms with van der Waals surface area (Å²) in [7, 11) is 0. The average molecular weight is 304 g/mol. The zero-order valence-corrected chi connectivity index (χ0v) is 11.5. The third-order valence-corrected chi connectivity index (χ3v) is 3.87. The summed E-state index contributed by atoms with van der Waals surface area (Å²) in [5, 5.41) is 12.1. The summed E-state index contributed by atoms with van der Waals surface area (Å²) in [4.78, 5) is 1.15. The normalized spacial score (nSPS) is 10.9. The Morgan fingerprint density at radius 3 is 2.47 bits per heavy atom. The highest BCUT2D eigenvalue weighted by molar-refractivity contribution is 7.16. The van der Waals surface area contributed by atoms with Gasteiger partial charge in [-0.3, -0.25) is 0 Å². The number of benzene rings is 1. The molecule has 0 bridgehead atoms. The van der Waals surface area contributed by atoms with Crippen molar-refractivity contribution in [1.82, 2.24) is 5.32 Å². The molecule has 6 heteroatoms. The van der Waals surface area contributed by atoms with E-state index >= 15 is 0 Å². The van der Waals surface area contributed by atoms with E-state index in [1.165, 1.54) is 11.3 Å². The summed E-state index contributed by atoms with van der Waals surface area (Å²) in [6.07, 6.45) is 0.806. The van der Waals surface area contributed by atoms with E-state index in [0.29, 0.717) is 18.7 Å². The van der Waals surface area contributed by atoms with Crippen LogP contribution in [0.4, 0.5) is 8.78 Å². The smallest absolute Gasteiger partial charge is 0.187 e. The number of halogens is 3. The third-order valence-electron chi connectivity index (χ3n) is 2.58. The molecule has 0 fully saturated rings. The van der Waals surface area contributed by atoms with Crippen molar-refractivity contribution >= 4 is 22.9 Å². The minimum Gasteiger partial charge on any atom is -0.503 e. The molecule has 2 nitrogen and oxygen atoms in total. The van der Waals surface area contributed by atoms with Gasteiger partial charge in [0.15, 0.2) is 17.4 Å². The van der Waals surface area contributed by atoms with Gasteiger partial charge in [-0.05, 0) is 36.2 Å². The summed E-state index contributed by atoms with van der Waals surface area (Å²) in [5.41, 5.74) is 0.456. The first-order valence-electron chi connectivity index (χ1n) is 5.68. The fourth-order valence-corrected chi connectivity index (χ4v) is 2.74. The molecule has 19 heavy (non-hydrogen) atoms. The first-order valence-corrected chi connectivity index (χ1v) is 6.87. The van der Waals surface area contributed by atoms with Gasteiger partial charge in [0.1, 0.15) is 0 Å². The van der Waals surface area contributed by atoms with Gasteiger partial charge < -0.3 is 10.4 Å². The van der Waals surface area contributed by atoms with Crippen LogP contribution in [0.2, 0.25) is 4.34 Å². The minimum absolute atomic E-state index is 0.341. The van der Waals surface area contributed by atoms with E-state index in [-0.39, 0.29) is 0 Å². The van der Waals surface area contributed by atoms with E-state index in [9.17, 15) is 8.78 Å². The second-order valence-electron chi connectivity index (χ2n) is 4.04. The lowest BCUT2D eigenvalue weighted by atomic mass is 10.2. The zero-order valence-electron chi connectivity index (χ0n) is 9.92. The molecule has 0 radical (unpaired) electrons. The molecule has 0 aliphatic heterocycles. The van der Waals surface area contributed by atoms with Gasteiger partial charge >= 0.3 is 0 Å². The number of phenolic OH excluding ortho intramolecular Hbond substituents is 1. The zero-order chi connectivity index (χ0) is 13.8. The molecule has 0 aliphatic rings. The standard InChI is InChI=1S/C13H12ClF2NOS/c14-12-2-1-9(19-12)3-4-17-7-8-5-10(15)13(18)11(16)6-8/h1-2,5-6,17-18H,3-4,7H2. The quantitative estimate of drug-likeness (QED) is 0.825. The van der Waals surface area contributed by atoms with Crippen LogP contribution in [0.5, 0.6) is 5.75 Å². The molecule has 0 saturated heterocycles. The van der Waals surface area contributed by atoms with E-state index in [1.807, 2.05) is 12.1 Å². The lowest BCUT2D eigenvalue weighted by Crippen LogP contribution is -2.16. The summed E-state index contributed by atoms with van der Waals surface area (Å²) < 4.78 is 26.9. The Morgan fingerprint density at radius 1 is 1.21 bits per heavy atom. The van der Waals surface area contributed by atoms with Crippen molar-refractivity contribution in [3.05, 3.63) is 50.7 Å². The predicted octanol–water partition coefficient (Wildman–Crippen LogP) is 3.72. The Hall–Kier alpha value is -1.17. The molecule has 0 saturated carbocycles. The van der Waals surface area contributed by atoms with Crippen molar-refractivity contribution in [2.45, 2.75) is 13.0 Å². The number of rotatable bonds is 5. The molecule has 102 valence electrons. The summed E-state index contributed by atoms with van der Waals surface area (Å²) in [6, 6.07) is 6.03. The van der Waals surface area contributed by atoms with Crippen LogP contribution >= 0.6 is 22.9 Å². The maximum Gasteiger partial charge on any atom is 0.187 e. The van der Waals surface area contributed by atoms with Crippen LogP contribution in [0.3, 0.4) is 0 Å². The fraction of sp³-hybridized carbons (Fsp3) is 0.231. The molecule has 1 aromatic carbocycles. The first-order chi connectivity index (χ1) is 9.06. The topological polar surface area (TPSA) is 32.3 Å². The van der Waals surface area contributed by atoms with Gasteiger partial charge in [-0.2, -0.15) is 0 Å². The van der Waals surface area contributed by atoms with E-state index in [0.717, 1.165) is 27.8 Å². The number of nitrogens with one attached hydrogen (secondary N) is 1. The van der Waals surface area contributed by atoms with Gasteiger partial charge in [0.25, 0.3) is 0 Å². The number of thiophene rings is 1. The molecular weight excluding hydrogens is 292 g/mol. The van der Waals surface area contributed by atoms with Crippen LogP contribution in [0.25, 0.3) is 0 Å². The second kappa shape index (κ2) is 6.32. The van der Waals surface area contributed by atoms with E-state index < -0.39 is 17.4 Å². The van der Waals surface area contributed by atoms with Crippen molar-refractivity contribution in [3.8, 4) is 5.75 Å². The van der Waals surface area contributed by atoms with E-state index in [4.69, 9.17) is 16.7 Å². The Bertz CT molecular complexity index is 551. The number of aromatic hydroxyl groups is 1. The Balaban J connectivity index is 1.83. The highest BCUT2D eigenvalue weighted by Gasteiger charge is 2.09. The molecule has 0 aliphatic carbocycles. The summed E-state index contributed by atoms with van der Waals surface area (Å²) >= 11 is 7.32. The fourth-order valence-electron chi connectivity index (χ4n) is 1.65. The molecule has 0 atom stereocenters. The largest absolute Gasteiger partial charge is 0.503 e. The second-order valence-corrected chi connectivity index (χ2v) is 5.84. The van der Waals surface area contributed by atoms with Crippen LogP contribution in [0.1, 0.15) is 10.4 Å². The molecule has 1 aromatic heterocycles. The molecular formula is C13H12ClF2NOS. The third kappa shape index (κ3) is 3.89. The van der Waals surface area contributed by atoms with Crippen LogP contribution < -0.4 is 5.32 Å². The van der Waals surface area contributed by atoms with Gasteiger partial charge in [0.05, 0.1) is 4.34 Å². The maximum absolute atomic E-state index is 13.1. The van der Waals surface area contributed by atoms with Gasteiger partial charge in [0.2, 0.25) is 0 Å². The minimum atomic E-state index is -0.943. The molecule has 2 aromatic rings. The Morgan fingerprint density at radius 2 is 1.89 bits per heavy atom. The van der Waals surface area contributed by atoms with Gasteiger partial charge in [0, 0.05) is 18.0 Å². The molecule has 0 unspecified atom stereocenters. The SMILES string of the molecule is Oc1c(F)cc(CNCCc2ccc(Cl)s2)cc1F. The van der Waals surface area contributed by atoms with Crippen LogP contribution in [-0.2, 0) is 13.0 Å². The molecule has 2 rings (SSSR count). The van der Waals surface area contributed by atoms with Gasteiger partial charge in [-0.1, -0.05) is 11.6 Å². The van der Waals surface area contributed by atoms with E-state index in [2.05, 4.69) is 5.32 Å². The number of hydrogen-bond acceptors (Lipinski definition) is 3. The lowest BCUT2D eigenvalue weighted by Gasteiger charge is -2.06.